The number of carbonyl (C=O) groups is 5. The Morgan fingerprint density at radius 1 is 0.952 bits per heavy atom. The normalized spacial score (nSPS) is 32.2. The maximum absolute atomic E-state index is 15.6. The van der Waals surface area contributed by atoms with Gasteiger partial charge in [-0.05, 0) is 63.5 Å². The molecule has 17 nitrogen and oxygen atoms in total. The van der Waals surface area contributed by atoms with Gasteiger partial charge in [0.2, 0.25) is 0 Å². The number of ketones is 1. The Morgan fingerprint density at radius 3 is 2.08 bits per heavy atom. The molecule has 0 spiro atoms. The first kappa shape index (κ1) is 46.4. The number of hydrogen-bond donors (Lipinski definition) is 2. The zero-order valence-electron chi connectivity index (χ0n) is 36.6. The number of aliphatic hydroxyl groups excluding tert-OH is 1. The molecule has 1 amide bonds. The fourth-order valence-electron chi connectivity index (χ4n) is 10.2. The van der Waals surface area contributed by atoms with Gasteiger partial charge < -0.3 is 43.4 Å². The van der Waals surface area contributed by atoms with Gasteiger partial charge in [0.1, 0.15) is 41.7 Å². The van der Waals surface area contributed by atoms with Crippen molar-refractivity contribution < 1.29 is 67.3 Å². The summed E-state index contributed by atoms with van der Waals surface area (Å²) in [5.41, 5.74) is -7.55. The van der Waals surface area contributed by atoms with Gasteiger partial charge in [-0.3, -0.25) is 9.59 Å². The molecule has 0 aromatic heterocycles. The second-order valence-corrected chi connectivity index (χ2v) is 18.2. The van der Waals surface area contributed by atoms with E-state index in [1.54, 1.807) is 84.9 Å². The Labute approximate surface area is 359 Å². The molecule has 4 aliphatic rings. The van der Waals surface area contributed by atoms with Crippen LogP contribution in [0.25, 0.3) is 0 Å². The Balaban J connectivity index is 1.54. The first-order chi connectivity index (χ1) is 29.0. The summed E-state index contributed by atoms with van der Waals surface area (Å²) in [6.07, 6.45) is -10.3. The molecule has 62 heavy (non-hydrogen) atoms. The summed E-state index contributed by atoms with van der Waals surface area (Å²) in [5, 5.41) is 28.7. The van der Waals surface area contributed by atoms with Gasteiger partial charge in [-0.15, -0.1) is 4.91 Å². The van der Waals surface area contributed by atoms with E-state index >= 15 is 4.79 Å². The van der Waals surface area contributed by atoms with Crippen molar-refractivity contribution in [2.45, 2.75) is 128 Å². The van der Waals surface area contributed by atoms with Crippen LogP contribution in [0.2, 0.25) is 0 Å². The molecule has 2 saturated carbocycles. The number of benzene rings is 2. The fraction of sp³-hybridized carbons (Fsp3) is 0.578. The minimum Gasteiger partial charge on any atom is -0.456 e. The lowest BCUT2D eigenvalue weighted by Crippen LogP contribution is -2.82. The summed E-state index contributed by atoms with van der Waals surface area (Å²) in [5.74, 6) is -4.85. The first-order valence-corrected chi connectivity index (χ1v) is 20.4. The van der Waals surface area contributed by atoms with E-state index in [0.717, 1.165) is 0 Å². The predicted molar refractivity (Wildman–Crippen MR) is 218 cm³/mol. The lowest BCUT2D eigenvalue weighted by molar-refractivity contribution is -0.347. The third-order valence-electron chi connectivity index (χ3n) is 13.3. The Morgan fingerprint density at radius 2 is 1.56 bits per heavy atom. The molecule has 11 atom stereocenters. The molecule has 1 aliphatic heterocycles. The lowest BCUT2D eigenvalue weighted by Gasteiger charge is -2.67. The average molecular weight is 865 g/mol. The number of amides is 1. The fourth-order valence-corrected chi connectivity index (χ4v) is 10.2. The van der Waals surface area contributed by atoms with Crippen LogP contribution in [0.1, 0.15) is 90.2 Å². The largest absolute Gasteiger partial charge is 0.456 e. The molecule has 17 heteroatoms. The molecule has 2 bridgehead atoms. The van der Waals surface area contributed by atoms with E-state index in [1.807, 2.05) is 0 Å². The van der Waals surface area contributed by atoms with Gasteiger partial charge in [-0.25, -0.2) is 14.4 Å². The molecule has 6 rings (SSSR count). The van der Waals surface area contributed by atoms with Crippen molar-refractivity contribution in [1.82, 2.24) is 5.01 Å². The maximum atomic E-state index is 15.6. The number of ether oxygens (including phenoxy) is 7. The highest BCUT2D eigenvalue weighted by molar-refractivity contribution is 5.94. The van der Waals surface area contributed by atoms with E-state index in [2.05, 4.69) is 5.29 Å². The third kappa shape index (κ3) is 7.61. The molecular weight excluding hydrogens is 808 g/mol. The number of nitroso groups, excluding NO2 is 1. The van der Waals surface area contributed by atoms with Crippen LogP contribution in [0.4, 0.5) is 4.79 Å². The minimum atomic E-state index is -2.29. The van der Waals surface area contributed by atoms with E-state index in [4.69, 9.17) is 33.2 Å². The van der Waals surface area contributed by atoms with Gasteiger partial charge in [-0.1, -0.05) is 62.4 Å². The zero-order chi connectivity index (χ0) is 45.7. The summed E-state index contributed by atoms with van der Waals surface area (Å²) < 4.78 is 42.2. The molecule has 0 unspecified atom stereocenters. The molecule has 2 N–H and O–H groups in total. The van der Waals surface area contributed by atoms with E-state index in [-0.39, 0.29) is 35.3 Å². The van der Waals surface area contributed by atoms with Crippen molar-refractivity contribution in [3.8, 4) is 0 Å². The summed E-state index contributed by atoms with van der Waals surface area (Å²) in [6.45, 7) is 12.2. The van der Waals surface area contributed by atoms with Crippen molar-refractivity contribution in [2.75, 3.05) is 20.8 Å². The number of methoxy groups -OCH3 is 2. The number of nitrogens with zero attached hydrogens (tertiary/aromatic N) is 2. The van der Waals surface area contributed by atoms with Gasteiger partial charge in [0, 0.05) is 39.4 Å². The number of fused-ring (bicyclic) bond motifs is 5. The second-order valence-electron chi connectivity index (χ2n) is 18.2. The molecular formula is C45H56N2O15. The monoisotopic (exact) mass is 864 g/mol. The summed E-state index contributed by atoms with van der Waals surface area (Å²) in [7, 11) is 2.73. The first-order valence-electron chi connectivity index (χ1n) is 20.4. The maximum Gasteiger partial charge on any atom is 0.434 e. The number of rotatable bonds is 11. The van der Waals surface area contributed by atoms with Crippen molar-refractivity contribution >= 4 is 29.8 Å². The molecule has 1 heterocycles. The second kappa shape index (κ2) is 16.9. The summed E-state index contributed by atoms with van der Waals surface area (Å²) >= 11 is 0. The van der Waals surface area contributed by atoms with Crippen LogP contribution in [0.5, 0.6) is 0 Å². The molecule has 2 aromatic carbocycles. The van der Waals surface area contributed by atoms with Crippen LogP contribution in [-0.2, 0) is 47.5 Å². The molecule has 2 aromatic rings. The molecule has 3 fully saturated rings. The standard InChI is InChI=1S/C45H56N2O15/c1-24-28(59-39(52)33(49)32(26-17-13-11-14-18-26)47(46-55)40(53)62-41(3,4)5)22-45(54)37(60-38(51)27-19-15-12-16-20-27)35-43(8,36(50)34(57-10)31(24)42(45,6)7)29(56-9)21-30-44(35,23-58-30)61-25(2)48/h11-20,28-30,32-35,37,49,54H,21-23H2,1-10H3/t28-,29-,30+,32-,33+,34-,35-,37-,43+,44-,45+/m0/s1. The van der Waals surface area contributed by atoms with Gasteiger partial charge in [0.05, 0.1) is 34.9 Å². The molecule has 3 aliphatic carbocycles. The third-order valence-corrected chi connectivity index (χ3v) is 13.3. The van der Waals surface area contributed by atoms with Crippen LogP contribution in [0, 0.1) is 21.7 Å². The number of esters is 3. The minimum absolute atomic E-state index is 0.0921. The van der Waals surface area contributed by atoms with Gasteiger partial charge in [0.15, 0.2) is 17.5 Å². The summed E-state index contributed by atoms with van der Waals surface area (Å²) in [6, 6.07) is 13.9. The van der Waals surface area contributed by atoms with E-state index < -0.39 is 112 Å². The zero-order valence-corrected chi connectivity index (χ0v) is 36.6. The van der Waals surface area contributed by atoms with Crippen molar-refractivity contribution in [3.63, 3.8) is 0 Å². The van der Waals surface area contributed by atoms with Crippen LogP contribution < -0.4 is 0 Å². The van der Waals surface area contributed by atoms with E-state index in [9.17, 15) is 34.3 Å². The molecule has 0 radical (unpaired) electrons. The van der Waals surface area contributed by atoms with Crippen molar-refractivity contribution in [1.29, 1.82) is 0 Å². The van der Waals surface area contributed by atoms with Crippen molar-refractivity contribution in [2.24, 2.45) is 22.0 Å². The highest BCUT2D eigenvalue weighted by Crippen LogP contribution is 2.64. The Hall–Kier alpha value is -5.07. The van der Waals surface area contributed by atoms with Gasteiger partial charge >= 0.3 is 24.0 Å². The molecule has 1 saturated heterocycles. The lowest BCUT2D eigenvalue weighted by atomic mass is 9.44. The Bertz CT molecular complexity index is 2100. The highest BCUT2D eigenvalue weighted by Gasteiger charge is 2.78. The average Bonchev–Trinajstić information content (AvgIpc) is 3.21. The predicted octanol–water partition coefficient (Wildman–Crippen LogP) is 4.96. The Kier molecular flexibility index (Phi) is 12.7. The molecule has 336 valence electrons. The van der Waals surface area contributed by atoms with Crippen molar-refractivity contribution in [3.05, 3.63) is 87.8 Å². The van der Waals surface area contributed by atoms with Gasteiger partial charge in [-0.2, -0.15) is 5.01 Å². The number of carbonyl (C=O) groups excluding carboxylic acids is 5. The van der Waals surface area contributed by atoms with Crippen LogP contribution in [-0.4, -0.2) is 119 Å². The topological polar surface area (TPSA) is 223 Å². The number of hydrogen-bond acceptors (Lipinski definition) is 16. The summed E-state index contributed by atoms with van der Waals surface area (Å²) in [4.78, 5) is 82.9. The van der Waals surface area contributed by atoms with E-state index in [1.165, 1.54) is 45.4 Å². The van der Waals surface area contributed by atoms with Crippen LogP contribution >= 0.6 is 0 Å². The van der Waals surface area contributed by atoms with Crippen LogP contribution in [0.3, 0.4) is 0 Å². The smallest absolute Gasteiger partial charge is 0.434 e. The SMILES string of the molecule is CO[C@@H]1C(=O)[C@]2(C)[C@@H](OC)C[C@H]3OC[C@@]3(OC(C)=O)[C@H]2[C@H](OC(=O)c2ccccc2)[C@]2(O)C[C@H](OC(=O)[C@H](O)[C@H](c3ccccc3)N(N=O)C(=O)OC(C)(C)C)C(C)=C1C2(C)C. The quantitative estimate of drug-likeness (QED) is 0.100. The number of Topliss-reactive ketones (excluding diaryl/α,β-unsaturated/α-hetero) is 1. The van der Waals surface area contributed by atoms with Gasteiger partial charge in [0.25, 0.3) is 0 Å². The highest BCUT2D eigenvalue weighted by atomic mass is 16.6. The van der Waals surface area contributed by atoms with Crippen LogP contribution in [0.15, 0.2) is 77.1 Å². The van der Waals surface area contributed by atoms with E-state index in [0.29, 0.717) is 5.01 Å². The number of aliphatic hydroxyl groups is 2.